The summed E-state index contributed by atoms with van der Waals surface area (Å²) in [5, 5.41) is 0. The van der Waals surface area contributed by atoms with Crippen molar-refractivity contribution in [3.05, 3.63) is 23.8 Å². The standard InChI is InChI=1S/C18H27NO3/c1-14-6-4-7-15(2)19(14)10-5-11-22-17-9-8-16(13-20)12-18(17)21-3/h8-9,12-15H,4-7,10-11H2,1-3H3/t14-,15-/m0/s1. The van der Waals surface area contributed by atoms with E-state index < -0.39 is 0 Å². The van der Waals surface area contributed by atoms with Gasteiger partial charge in [0.25, 0.3) is 0 Å². The van der Waals surface area contributed by atoms with Gasteiger partial charge in [-0.15, -0.1) is 0 Å². The summed E-state index contributed by atoms with van der Waals surface area (Å²) >= 11 is 0. The number of carbonyl (C=O) groups excluding carboxylic acids is 1. The van der Waals surface area contributed by atoms with Gasteiger partial charge in [0, 0.05) is 24.2 Å². The van der Waals surface area contributed by atoms with Crippen molar-refractivity contribution in [1.82, 2.24) is 4.90 Å². The lowest BCUT2D eigenvalue weighted by atomic mass is 9.97. The van der Waals surface area contributed by atoms with E-state index in [1.807, 2.05) is 0 Å². The number of benzene rings is 1. The molecule has 0 aromatic heterocycles. The van der Waals surface area contributed by atoms with Crippen LogP contribution in [0.2, 0.25) is 0 Å². The molecule has 0 spiro atoms. The molecule has 122 valence electrons. The number of rotatable bonds is 7. The van der Waals surface area contributed by atoms with Crippen molar-refractivity contribution in [3.8, 4) is 11.5 Å². The van der Waals surface area contributed by atoms with E-state index in [9.17, 15) is 4.79 Å². The van der Waals surface area contributed by atoms with Gasteiger partial charge in [-0.3, -0.25) is 9.69 Å². The van der Waals surface area contributed by atoms with Gasteiger partial charge in [-0.25, -0.2) is 0 Å². The zero-order valence-corrected chi connectivity index (χ0v) is 13.9. The van der Waals surface area contributed by atoms with E-state index in [4.69, 9.17) is 9.47 Å². The van der Waals surface area contributed by atoms with Crippen LogP contribution in [-0.4, -0.2) is 43.5 Å². The highest BCUT2D eigenvalue weighted by Gasteiger charge is 2.23. The summed E-state index contributed by atoms with van der Waals surface area (Å²) < 4.78 is 11.1. The minimum atomic E-state index is 0.597. The molecule has 1 heterocycles. The Kier molecular flexibility index (Phi) is 6.25. The van der Waals surface area contributed by atoms with E-state index in [2.05, 4.69) is 18.7 Å². The first-order valence-electron chi connectivity index (χ1n) is 8.17. The quantitative estimate of drug-likeness (QED) is 0.570. The molecule has 4 nitrogen and oxygen atoms in total. The highest BCUT2D eigenvalue weighted by molar-refractivity contribution is 5.76. The van der Waals surface area contributed by atoms with Crippen molar-refractivity contribution in [1.29, 1.82) is 0 Å². The monoisotopic (exact) mass is 305 g/mol. The van der Waals surface area contributed by atoms with Gasteiger partial charge in [-0.05, 0) is 51.3 Å². The Bertz CT molecular complexity index is 479. The lowest BCUT2D eigenvalue weighted by Crippen LogP contribution is -2.44. The first-order chi connectivity index (χ1) is 10.7. The van der Waals surface area contributed by atoms with Crippen LogP contribution in [0, 0.1) is 0 Å². The summed E-state index contributed by atoms with van der Waals surface area (Å²) in [5.41, 5.74) is 0.597. The van der Waals surface area contributed by atoms with Crippen LogP contribution in [-0.2, 0) is 0 Å². The molecule has 0 amide bonds. The number of carbonyl (C=O) groups is 1. The highest BCUT2D eigenvalue weighted by atomic mass is 16.5. The maximum absolute atomic E-state index is 10.8. The second-order valence-electron chi connectivity index (χ2n) is 6.10. The second-order valence-corrected chi connectivity index (χ2v) is 6.10. The Morgan fingerprint density at radius 1 is 1.23 bits per heavy atom. The second kappa shape index (κ2) is 8.18. The van der Waals surface area contributed by atoms with Gasteiger partial charge in [0.05, 0.1) is 13.7 Å². The van der Waals surface area contributed by atoms with Crippen molar-refractivity contribution in [2.24, 2.45) is 0 Å². The number of piperidine rings is 1. The maximum atomic E-state index is 10.8. The van der Waals surface area contributed by atoms with Crippen LogP contribution < -0.4 is 9.47 Å². The molecule has 0 unspecified atom stereocenters. The zero-order valence-electron chi connectivity index (χ0n) is 13.9. The van der Waals surface area contributed by atoms with Crippen LogP contribution in [0.5, 0.6) is 11.5 Å². The molecule has 1 aromatic carbocycles. The average Bonchev–Trinajstić information content (AvgIpc) is 2.53. The Balaban J connectivity index is 1.82. The number of hydrogen-bond donors (Lipinski definition) is 0. The van der Waals surface area contributed by atoms with Crippen molar-refractivity contribution >= 4 is 6.29 Å². The SMILES string of the molecule is COc1cc(C=O)ccc1OCCCN1[C@@H](C)CCC[C@@H]1C. The Labute approximate surface area is 133 Å². The van der Waals surface area contributed by atoms with Crippen LogP contribution in [0.3, 0.4) is 0 Å². The first kappa shape index (κ1) is 16.8. The number of hydrogen-bond acceptors (Lipinski definition) is 4. The van der Waals surface area contributed by atoms with Gasteiger partial charge in [-0.1, -0.05) is 6.42 Å². The number of likely N-dealkylation sites (tertiary alicyclic amines) is 1. The fourth-order valence-corrected chi connectivity index (χ4v) is 3.22. The number of nitrogens with zero attached hydrogens (tertiary/aromatic N) is 1. The van der Waals surface area contributed by atoms with Gasteiger partial charge >= 0.3 is 0 Å². The largest absolute Gasteiger partial charge is 0.493 e. The molecule has 1 aliphatic heterocycles. The topological polar surface area (TPSA) is 38.8 Å². The third-order valence-electron chi connectivity index (χ3n) is 4.52. The first-order valence-corrected chi connectivity index (χ1v) is 8.17. The Hall–Kier alpha value is -1.55. The fraction of sp³-hybridized carbons (Fsp3) is 0.611. The Morgan fingerprint density at radius 2 is 1.95 bits per heavy atom. The molecule has 2 atom stereocenters. The van der Waals surface area contributed by atoms with Crippen LogP contribution in [0.25, 0.3) is 0 Å². The van der Waals surface area contributed by atoms with Crippen molar-refractivity contribution in [2.45, 2.75) is 51.6 Å². The Morgan fingerprint density at radius 3 is 2.59 bits per heavy atom. The zero-order chi connectivity index (χ0) is 15.9. The fourth-order valence-electron chi connectivity index (χ4n) is 3.22. The third kappa shape index (κ3) is 4.23. The summed E-state index contributed by atoms with van der Waals surface area (Å²) in [6.45, 7) is 6.36. The molecule has 1 aromatic rings. The predicted octanol–water partition coefficient (Wildman–Crippen LogP) is 3.54. The number of methoxy groups -OCH3 is 1. The van der Waals surface area contributed by atoms with Gasteiger partial charge in [0.1, 0.15) is 6.29 Å². The summed E-state index contributed by atoms with van der Waals surface area (Å²) in [6, 6.07) is 6.60. The van der Waals surface area contributed by atoms with Crippen molar-refractivity contribution in [2.75, 3.05) is 20.3 Å². The smallest absolute Gasteiger partial charge is 0.161 e. The van der Waals surface area contributed by atoms with Gasteiger partial charge < -0.3 is 9.47 Å². The lowest BCUT2D eigenvalue weighted by Gasteiger charge is -2.39. The lowest BCUT2D eigenvalue weighted by molar-refractivity contribution is 0.0958. The van der Waals surface area contributed by atoms with Crippen LogP contribution in [0.15, 0.2) is 18.2 Å². The van der Waals surface area contributed by atoms with Gasteiger partial charge in [0.2, 0.25) is 0 Å². The van der Waals surface area contributed by atoms with E-state index in [0.29, 0.717) is 35.8 Å². The van der Waals surface area contributed by atoms with Crippen LogP contribution >= 0.6 is 0 Å². The van der Waals surface area contributed by atoms with Gasteiger partial charge in [-0.2, -0.15) is 0 Å². The van der Waals surface area contributed by atoms with Crippen LogP contribution in [0.1, 0.15) is 49.9 Å². The molecule has 4 heteroatoms. The molecule has 0 bridgehead atoms. The van der Waals surface area contributed by atoms with Crippen molar-refractivity contribution in [3.63, 3.8) is 0 Å². The molecule has 1 saturated heterocycles. The summed E-state index contributed by atoms with van der Waals surface area (Å²) in [7, 11) is 1.59. The molecule has 1 aliphatic rings. The minimum Gasteiger partial charge on any atom is -0.493 e. The van der Waals surface area contributed by atoms with E-state index in [1.165, 1.54) is 19.3 Å². The maximum Gasteiger partial charge on any atom is 0.161 e. The molecule has 0 saturated carbocycles. The predicted molar refractivity (Wildman–Crippen MR) is 88.0 cm³/mol. The molecule has 22 heavy (non-hydrogen) atoms. The highest BCUT2D eigenvalue weighted by Crippen LogP contribution is 2.28. The summed E-state index contributed by atoms with van der Waals surface area (Å²) in [5.74, 6) is 1.32. The van der Waals surface area contributed by atoms with E-state index in [-0.39, 0.29) is 0 Å². The molecule has 2 rings (SSSR count). The van der Waals surface area contributed by atoms with E-state index in [1.54, 1.807) is 25.3 Å². The van der Waals surface area contributed by atoms with E-state index in [0.717, 1.165) is 19.3 Å². The third-order valence-corrected chi connectivity index (χ3v) is 4.52. The molecular weight excluding hydrogens is 278 g/mol. The number of aldehydes is 1. The number of ether oxygens (including phenoxy) is 2. The normalized spacial score (nSPS) is 22.3. The summed E-state index contributed by atoms with van der Waals surface area (Å²) in [4.78, 5) is 13.4. The van der Waals surface area contributed by atoms with E-state index >= 15 is 0 Å². The molecule has 0 aliphatic carbocycles. The minimum absolute atomic E-state index is 0.597. The summed E-state index contributed by atoms with van der Waals surface area (Å²) in [6.07, 6.45) is 5.74. The molecular formula is C18H27NO3. The molecule has 0 N–H and O–H groups in total. The molecule has 0 radical (unpaired) electrons. The molecule has 1 fully saturated rings. The van der Waals surface area contributed by atoms with Crippen LogP contribution in [0.4, 0.5) is 0 Å². The average molecular weight is 305 g/mol. The van der Waals surface area contributed by atoms with Gasteiger partial charge in [0.15, 0.2) is 11.5 Å². The van der Waals surface area contributed by atoms with Crippen molar-refractivity contribution < 1.29 is 14.3 Å².